The first-order chi connectivity index (χ1) is 10.3. The van der Waals surface area contributed by atoms with Crippen molar-refractivity contribution in [3.8, 4) is 0 Å². The van der Waals surface area contributed by atoms with Crippen LogP contribution in [0.25, 0.3) is 0 Å². The molecule has 1 unspecified atom stereocenters. The van der Waals surface area contributed by atoms with E-state index in [0.717, 1.165) is 6.42 Å². The number of likely N-dealkylation sites (N-methyl/N-ethyl adjacent to an activating group) is 1. The molecule has 2 N–H and O–H groups in total. The van der Waals surface area contributed by atoms with Crippen molar-refractivity contribution in [3.63, 3.8) is 0 Å². The van der Waals surface area contributed by atoms with Crippen LogP contribution in [0.3, 0.4) is 0 Å². The highest BCUT2D eigenvalue weighted by Gasteiger charge is 2.22. The molecule has 0 spiro atoms. The Labute approximate surface area is 131 Å². The van der Waals surface area contributed by atoms with Gasteiger partial charge >= 0.3 is 6.09 Å². The summed E-state index contributed by atoms with van der Waals surface area (Å²) in [5.74, 6) is -0.253. The maximum absolute atomic E-state index is 11.8. The van der Waals surface area contributed by atoms with E-state index in [4.69, 9.17) is 9.47 Å². The number of carbonyl (C=O) groups excluding carboxylic acids is 2. The van der Waals surface area contributed by atoms with Crippen LogP contribution in [-0.2, 0) is 14.3 Å². The number of carbonyl (C=O) groups is 2. The molecule has 1 atom stereocenters. The second-order valence-electron chi connectivity index (χ2n) is 6.06. The molecule has 0 aromatic rings. The van der Waals surface area contributed by atoms with Gasteiger partial charge in [-0.2, -0.15) is 0 Å². The Kier molecular flexibility index (Phi) is 7.11. The van der Waals surface area contributed by atoms with Gasteiger partial charge < -0.3 is 20.1 Å². The lowest BCUT2D eigenvalue weighted by Crippen LogP contribution is -2.47. The van der Waals surface area contributed by atoms with Gasteiger partial charge in [-0.1, -0.05) is 18.2 Å². The molecular weight excluding hydrogens is 284 g/mol. The molecule has 0 bridgehead atoms. The average Bonchev–Trinajstić information content (AvgIpc) is 2.44. The zero-order valence-corrected chi connectivity index (χ0v) is 13.8. The smallest absolute Gasteiger partial charge is 0.408 e. The minimum atomic E-state index is -0.656. The van der Waals surface area contributed by atoms with Crippen molar-refractivity contribution in [1.82, 2.24) is 10.6 Å². The van der Waals surface area contributed by atoms with E-state index >= 15 is 0 Å². The molecule has 1 heterocycles. The first kappa shape index (κ1) is 18.2. The van der Waals surface area contributed by atoms with Crippen LogP contribution in [0, 0.1) is 0 Å². The first-order valence-corrected chi connectivity index (χ1v) is 7.46. The third kappa shape index (κ3) is 7.26. The third-order valence-corrected chi connectivity index (χ3v) is 2.96. The number of nitrogens with one attached hydrogen (secondary N) is 2. The van der Waals surface area contributed by atoms with E-state index in [1.165, 1.54) is 12.6 Å². The molecule has 0 saturated heterocycles. The van der Waals surface area contributed by atoms with E-state index in [1.807, 2.05) is 18.2 Å². The minimum absolute atomic E-state index is 0.253. The number of allylic oxidation sites excluding steroid dienone is 1. The lowest BCUT2D eigenvalue weighted by Gasteiger charge is -2.22. The average molecular weight is 310 g/mol. The molecule has 0 saturated carbocycles. The van der Waals surface area contributed by atoms with E-state index in [1.54, 1.807) is 20.8 Å². The summed E-state index contributed by atoms with van der Waals surface area (Å²) in [6.45, 7) is 6.66. The summed E-state index contributed by atoms with van der Waals surface area (Å²) >= 11 is 0. The fraction of sp³-hybridized carbons (Fsp3) is 0.625. The summed E-state index contributed by atoms with van der Waals surface area (Å²) in [6.07, 6.45) is 6.53. The minimum Gasteiger partial charge on any atom is -0.444 e. The number of amides is 2. The summed E-state index contributed by atoms with van der Waals surface area (Å²) in [6, 6.07) is -0.656. The molecular formula is C16H26N2O4. The second-order valence-corrected chi connectivity index (χ2v) is 6.06. The summed E-state index contributed by atoms with van der Waals surface area (Å²) in [5, 5.41) is 5.14. The number of alkyl carbamates (subject to hydrolysis) is 1. The van der Waals surface area contributed by atoms with E-state index < -0.39 is 17.7 Å². The van der Waals surface area contributed by atoms with Gasteiger partial charge in [0.15, 0.2) is 0 Å². The van der Waals surface area contributed by atoms with Gasteiger partial charge in [0.2, 0.25) is 5.91 Å². The lowest BCUT2D eigenvalue weighted by molar-refractivity contribution is -0.122. The number of hydrogen-bond acceptors (Lipinski definition) is 4. The predicted molar refractivity (Wildman–Crippen MR) is 84.5 cm³/mol. The molecule has 1 aliphatic rings. The van der Waals surface area contributed by atoms with Crippen molar-refractivity contribution in [3.05, 3.63) is 23.8 Å². The van der Waals surface area contributed by atoms with Gasteiger partial charge in [-0.25, -0.2) is 4.79 Å². The van der Waals surface area contributed by atoms with Crippen molar-refractivity contribution in [1.29, 1.82) is 0 Å². The highest BCUT2D eigenvalue weighted by molar-refractivity contribution is 5.85. The monoisotopic (exact) mass is 310 g/mol. The normalized spacial score (nSPS) is 16.8. The molecule has 6 heteroatoms. The first-order valence-electron chi connectivity index (χ1n) is 7.46. The van der Waals surface area contributed by atoms with Gasteiger partial charge in [-0.15, -0.1) is 0 Å². The van der Waals surface area contributed by atoms with E-state index in [2.05, 4.69) is 10.6 Å². The molecule has 0 radical (unpaired) electrons. The summed E-state index contributed by atoms with van der Waals surface area (Å²) in [7, 11) is 1.54. The molecule has 0 aliphatic carbocycles. The van der Waals surface area contributed by atoms with Crippen LogP contribution in [0.5, 0.6) is 0 Å². The van der Waals surface area contributed by atoms with Crippen molar-refractivity contribution >= 4 is 12.0 Å². The van der Waals surface area contributed by atoms with E-state index in [-0.39, 0.29) is 5.91 Å². The van der Waals surface area contributed by atoms with Crippen LogP contribution in [0.15, 0.2) is 23.8 Å². The zero-order valence-electron chi connectivity index (χ0n) is 13.8. The topological polar surface area (TPSA) is 76.7 Å². The van der Waals surface area contributed by atoms with Gasteiger partial charge in [-0.3, -0.25) is 4.79 Å². The van der Waals surface area contributed by atoms with Crippen LogP contribution in [0.2, 0.25) is 0 Å². The molecule has 0 aromatic carbocycles. The van der Waals surface area contributed by atoms with Gasteiger partial charge in [0.05, 0.1) is 13.2 Å². The fourth-order valence-electron chi connectivity index (χ4n) is 1.90. The van der Waals surface area contributed by atoms with Crippen molar-refractivity contribution in [2.45, 2.75) is 45.3 Å². The summed E-state index contributed by atoms with van der Waals surface area (Å²) in [5.41, 5.74) is 0.583. The number of hydrogen-bond donors (Lipinski definition) is 2. The molecule has 1 rings (SSSR count). The van der Waals surface area contributed by atoms with Crippen molar-refractivity contribution in [2.75, 3.05) is 20.3 Å². The number of ether oxygens (including phenoxy) is 2. The lowest BCUT2D eigenvalue weighted by atomic mass is 10.1. The molecule has 22 heavy (non-hydrogen) atoms. The molecule has 0 aromatic heterocycles. The molecule has 6 nitrogen and oxygen atoms in total. The summed E-state index contributed by atoms with van der Waals surface area (Å²) < 4.78 is 10.4. The van der Waals surface area contributed by atoms with Crippen LogP contribution in [-0.4, -0.2) is 43.9 Å². The zero-order chi connectivity index (χ0) is 16.6. The Hall–Kier alpha value is -1.82. The predicted octanol–water partition coefficient (Wildman–Crippen LogP) is 1.92. The van der Waals surface area contributed by atoms with Gasteiger partial charge in [0.1, 0.15) is 11.6 Å². The standard InChI is InChI=1S/C16H26N2O4/c1-16(2,3)22-15(20)18-13(14(19)17-4)7-5-6-12-8-10-21-11-9-12/h5-6,8,13H,7,9-11H2,1-4H3,(H,17,19)(H,18,20). The van der Waals surface area contributed by atoms with Gasteiger partial charge in [0.25, 0.3) is 0 Å². The molecule has 124 valence electrons. The SMILES string of the molecule is CNC(=O)C(CC=CC1=CCOCC1)NC(=O)OC(C)(C)C. The quantitative estimate of drug-likeness (QED) is 0.813. The highest BCUT2D eigenvalue weighted by atomic mass is 16.6. The molecule has 2 amide bonds. The van der Waals surface area contributed by atoms with Crippen LogP contribution < -0.4 is 10.6 Å². The maximum Gasteiger partial charge on any atom is 0.408 e. The fourth-order valence-corrected chi connectivity index (χ4v) is 1.90. The maximum atomic E-state index is 11.8. The van der Waals surface area contributed by atoms with Crippen LogP contribution in [0.1, 0.15) is 33.6 Å². The van der Waals surface area contributed by atoms with Gasteiger partial charge in [-0.05, 0) is 39.2 Å². The Morgan fingerprint density at radius 3 is 2.73 bits per heavy atom. The highest BCUT2D eigenvalue weighted by Crippen LogP contribution is 2.10. The Bertz CT molecular complexity index is 450. The van der Waals surface area contributed by atoms with Gasteiger partial charge in [0, 0.05) is 7.05 Å². The van der Waals surface area contributed by atoms with Crippen molar-refractivity contribution < 1.29 is 19.1 Å². The van der Waals surface area contributed by atoms with Crippen LogP contribution in [0.4, 0.5) is 4.79 Å². The Morgan fingerprint density at radius 2 is 2.18 bits per heavy atom. The molecule has 1 aliphatic heterocycles. The van der Waals surface area contributed by atoms with E-state index in [9.17, 15) is 9.59 Å². The molecule has 0 fully saturated rings. The third-order valence-electron chi connectivity index (χ3n) is 2.96. The largest absolute Gasteiger partial charge is 0.444 e. The number of rotatable bonds is 5. The van der Waals surface area contributed by atoms with Crippen molar-refractivity contribution in [2.24, 2.45) is 0 Å². The second kappa shape index (κ2) is 8.58. The summed E-state index contributed by atoms with van der Waals surface area (Å²) in [4.78, 5) is 23.6. The van der Waals surface area contributed by atoms with E-state index in [0.29, 0.717) is 19.6 Å². The Morgan fingerprint density at radius 1 is 1.45 bits per heavy atom. The van der Waals surface area contributed by atoms with Crippen LogP contribution >= 0.6 is 0 Å². The Balaban J connectivity index is 2.57.